The molecule has 8 nitrogen and oxygen atoms in total. The van der Waals surface area contributed by atoms with E-state index in [2.05, 4.69) is 15.6 Å². The first-order chi connectivity index (χ1) is 19.0. The van der Waals surface area contributed by atoms with E-state index in [4.69, 9.17) is 17.0 Å². The van der Waals surface area contributed by atoms with Gasteiger partial charge in [-0.25, -0.2) is 9.18 Å². The van der Waals surface area contributed by atoms with Gasteiger partial charge in [-0.05, 0) is 72.9 Å². The summed E-state index contributed by atoms with van der Waals surface area (Å²) in [5, 5.41) is 6.67. The molecule has 2 aromatic heterocycles. The molecule has 2 N–H and O–H groups in total. The summed E-state index contributed by atoms with van der Waals surface area (Å²) in [7, 11) is 1.35. The minimum absolute atomic E-state index is 0.143. The molecule has 0 unspecified atom stereocenters. The van der Waals surface area contributed by atoms with Crippen molar-refractivity contribution in [3.63, 3.8) is 0 Å². The predicted molar refractivity (Wildman–Crippen MR) is 149 cm³/mol. The van der Waals surface area contributed by atoms with E-state index in [9.17, 15) is 14.0 Å². The van der Waals surface area contributed by atoms with Crippen molar-refractivity contribution < 1.29 is 18.7 Å². The lowest BCUT2D eigenvalue weighted by molar-refractivity contribution is -0.116. The van der Waals surface area contributed by atoms with Crippen molar-refractivity contribution in [2.45, 2.75) is 18.5 Å². The fourth-order valence-corrected chi connectivity index (χ4v) is 5.10. The summed E-state index contributed by atoms with van der Waals surface area (Å²) in [6.45, 7) is 0.316. The Morgan fingerprint density at radius 1 is 1.05 bits per heavy atom. The minimum Gasteiger partial charge on any atom is -0.465 e. The third-order valence-corrected chi connectivity index (χ3v) is 6.91. The van der Waals surface area contributed by atoms with E-state index in [1.54, 1.807) is 18.3 Å². The van der Waals surface area contributed by atoms with Crippen molar-refractivity contribution in [2.75, 3.05) is 19.0 Å². The number of nitrogens with zero attached hydrogens (tertiary/aromatic N) is 3. The Morgan fingerprint density at radius 3 is 2.56 bits per heavy atom. The number of para-hydroxylation sites is 1. The van der Waals surface area contributed by atoms with Crippen LogP contribution in [-0.2, 0) is 9.53 Å². The Labute approximate surface area is 230 Å². The molecular formula is C29H26FN5O3S. The number of hydrogen-bond acceptors (Lipinski definition) is 5. The summed E-state index contributed by atoms with van der Waals surface area (Å²) < 4.78 is 20.2. The number of thiocarbonyl (C=S) groups is 1. The lowest BCUT2D eigenvalue weighted by atomic mass is 10.0. The molecule has 10 heteroatoms. The topological polar surface area (TPSA) is 88.5 Å². The van der Waals surface area contributed by atoms with Crippen LogP contribution in [-0.4, -0.2) is 45.1 Å². The molecule has 39 heavy (non-hydrogen) atoms. The molecule has 1 saturated heterocycles. The van der Waals surface area contributed by atoms with Crippen LogP contribution in [0.4, 0.5) is 10.1 Å². The molecule has 2 atom stereocenters. The molecule has 4 aromatic rings. The first kappa shape index (κ1) is 26.1. The molecule has 0 saturated carbocycles. The van der Waals surface area contributed by atoms with Crippen LogP contribution < -0.4 is 10.6 Å². The van der Waals surface area contributed by atoms with E-state index in [1.165, 1.54) is 31.4 Å². The predicted octanol–water partition coefficient (Wildman–Crippen LogP) is 4.80. The minimum atomic E-state index is -0.444. The lowest BCUT2D eigenvalue weighted by Gasteiger charge is -2.29. The number of halogens is 1. The van der Waals surface area contributed by atoms with Crippen LogP contribution >= 0.6 is 12.2 Å². The fourth-order valence-electron chi connectivity index (χ4n) is 4.77. The second kappa shape index (κ2) is 11.4. The standard InChI is InChI=1S/C29H26FN5O3S/c1-38-28(37)21-7-2-3-9-23(21)34-17-6-10-24(34)27-26(22-8-4-5-16-31-22)33-29(39)35(27)18-15-25(36)32-20-13-11-19(30)12-14-20/h2-14,16-17,26-27H,15,18H2,1H3,(H,32,36)(H,33,39)/t26-,27-/m1/s1. The molecule has 1 aliphatic rings. The number of benzene rings is 2. The molecular weight excluding hydrogens is 517 g/mol. The molecule has 0 spiro atoms. The van der Waals surface area contributed by atoms with Gasteiger partial charge in [-0.1, -0.05) is 18.2 Å². The van der Waals surface area contributed by atoms with E-state index in [1.807, 2.05) is 58.1 Å². The Hall–Kier alpha value is -4.57. The van der Waals surface area contributed by atoms with E-state index in [0.29, 0.717) is 28.6 Å². The maximum absolute atomic E-state index is 13.2. The van der Waals surface area contributed by atoms with Gasteiger partial charge >= 0.3 is 5.97 Å². The van der Waals surface area contributed by atoms with Gasteiger partial charge in [-0.15, -0.1) is 0 Å². The highest BCUT2D eigenvalue weighted by atomic mass is 32.1. The molecule has 2 aromatic carbocycles. The maximum Gasteiger partial charge on any atom is 0.339 e. The Bertz CT molecular complexity index is 1490. The van der Waals surface area contributed by atoms with Crippen LogP contribution in [0.2, 0.25) is 0 Å². The number of carbonyl (C=O) groups is 2. The zero-order valence-electron chi connectivity index (χ0n) is 21.1. The van der Waals surface area contributed by atoms with Crippen molar-refractivity contribution >= 4 is 34.9 Å². The zero-order valence-corrected chi connectivity index (χ0v) is 21.9. The van der Waals surface area contributed by atoms with E-state index < -0.39 is 5.97 Å². The summed E-state index contributed by atoms with van der Waals surface area (Å²) in [5.41, 5.74) is 3.24. The highest BCUT2D eigenvalue weighted by Gasteiger charge is 2.41. The molecule has 5 rings (SSSR count). The number of hydrogen-bond donors (Lipinski definition) is 2. The van der Waals surface area contributed by atoms with Crippen molar-refractivity contribution in [3.05, 3.63) is 114 Å². The first-order valence-corrected chi connectivity index (χ1v) is 12.8. The van der Waals surface area contributed by atoms with Crippen LogP contribution in [0.15, 0.2) is 91.3 Å². The molecule has 1 aliphatic heterocycles. The van der Waals surface area contributed by atoms with Crippen LogP contribution in [0, 0.1) is 5.82 Å². The normalized spacial score (nSPS) is 16.6. The molecule has 0 aliphatic carbocycles. The Kier molecular flexibility index (Phi) is 7.64. The third-order valence-electron chi connectivity index (χ3n) is 6.56. The highest BCUT2D eigenvalue weighted by molar-refractivity contribution is 7.80. The quantitative estimate of drug-likeness (QED) is 0.244. The van der Waals surface area contributed by atoms with Crippen LogP contribution in [0.25, 0.3) is 5.69 Å². The number of amides is 1. The molecule has 1 fully saturated rings. The number of esters is 1. The van der Waals surface area contributed by atoms with Gasteiger partial charge in [0.1, 0.15) is 5.82 Å². The van der Waals surface area contributed by atoms with Crippen molar-refractivity contribution in [1.82, 2.24) is 19.8 Å². The van der Waals surface area contributed by atoms with E-state index in [-0.39, 0.29) is 30.2 Å². The van der Waals surface area contributed by atoms with Gasteiger partial charge in [-0.3, -0.25) is 9.78 Å². The Morgan fingerprint density at radius 2 is 1.82 bits per heavy atom. The van der Waals surface area contributed by atoms with Crippen LogP contribution in [0.5, 0.6) is 0 Å². The zero-order chi connectivity index (χ0) is 27.4. The number of anilines is 1. The van der Waals surface area contributed by atoms with E-state index >= 15 is 0 Å². The van der Waals surface area contributed by atoms with Gasteiger partial charge in [-0.2, -0.15) is 0 Å². The van der Waals surface area contributed by atoms with Gasteiger partial charge in [0.15, 0.2) is 5.11 Å². The number of nitrogens with one attached hydrogen (secondary N) is 2. The van der Waals surface area contributed by atoms with Gasteiger partial charge < -0.3 is 24.8 Å². The lowest BCUT2D eigenvalue weighted by Crippen LogP contribution is -2.33. The number of carbonyl (C=O) groups excluding carboxylic acids is 2. The number of pyridine rings is 1. The largest absolute Gasteiger partial charge is 0.465 e. The second-order valence-corrected chi connectivity index (χ2v) is 9.32. The van der Waals surface area contributed by atoms with Crippen LogP contribution in [0.3, 0.4) is 0 Å². The van der Waals surface area contributed by atoms with Gasteiger partial charge in [0.2, 0.25) is 5.91 Å². The fraction of sp³-hybridized carbons (Fsp3) is 0.172. The summed E-state index contributed by atoms with van der Waals surface area (Å²) in [6, 6.07) is 21.7. The van der Waals surface area contributed by atoms with Gasteiger partial charge in [0, 0.05) is 36.7 Å². The summed E-state index contributed by atoms with van der Waals surface area (Å²) >= 11 is 5.74. The van der Waals surface area contributed by atoms with Crippen molar-refractivity contribution in [1.29, 1.82) is 0 Å². The molecule has 1 amide bonds. The Balaban J connectivity index is 1.48. The van der Waals surface area contributed by atoms with Gasteiger partial charge in [0.05, 0.1) is 36.1 Å². The van der Waals surface area contributed by atoms with Crippen molar-refractivity contribution in [2.24, 2.45) is 0 Å². The van der Waals surface area contributed by atoms with Crippen LogP contribution in [0.1, 0.15) is 40.3 Å². The summed E-state index contributed by atoms with van der Waals surface area (Å²) in [5.74, 6) is -1.04. The molecule has 198 valence electrons. The number of ether oxygens (including phenoxy) is 1. The third kappa shape index (κ3) is 5.51. The average Bonchev–Trinajstić information content (AvgIpc) is 3.57. The SMILES string of the molecule is COC(=O)c1ccccc1-n1cccc1[C@@H]1[C@@H](c2ccccn2)NC(=S)N1CCC(=O)Nc1ccc(F)cc1. The molecule has 0 radical (unpaired) electrons. The maximum atomic E-state index is 13.2. The number of methoxy groups -OCH3 is 1. The smallest absolute Gasteiger partial charge is 0.339 e. The van der Waals surface area contributed by atoms with Gasteiger partial charge in [0.25, 0.3) is 0 Å². The summed E-state index contributed by atoms with van der Waals surface area (Å²) in [6.07, 6.45) is 3.75. The van der Waals surface area contributed by atoms with E-state index in [0.717, 1.165) is 11.4 Å². The number of aromatic nitrogens is 2. The number of rotatable bonds is 8. The molecule has 3 heterocycles. The first-order valence-electron chi connectivity index (χ1n) is 12.3. The highest BCUT2D eigenvalue weighted by Crippen LogP contribution is 2.40. The summed E-state index contributed by atoms with van der Waals surface area (Å²) in [4.78, 5) is 31.9. The van der Waals surface area contributed by atoms with Crippen molar-refractivity contribution in [3.8, 4) is 5.69 Å². The molecule has 0 bridgehead atoms. The monoisotopic (exact) mass is 543 g/mol. The average molecular weight is 544 g/mol. The second-order valence-electron chi connectivity index (χ2n) is 8.94.